The maximum absolute atomic E-state index is 12.3. The van der Waals surface area contributed by atoms with Crippen molar-refractivity contribution in [2.45, 2.75) is 13.8 Å². The number of aryl methyl sites for hydroxylation is 2. The minimum atomic E-state index is -0.177. The van der Waals surface area contributed by atoms with Gasteiger partial charge in [0.1, 0.15) is 0 Å². The monoisotopic (exact) mass is 330 g/mol. The van der Waals surface area contributed by atoms with Gasteiger partial charge in [0, 0.05) is 11.4 Å². The summed E-state index contributed by atoms with van der Waals surface area (Å²) in [7, 11) is 0. The molecule has 0 aliphatic rings. The fraction of sp³-hybridized carbons (Fsp3) is 0.100. The van der Waals surface area contributed by atoms with Gasteiger partial charge in [-0.2, -0.15) is 10.2 Å². The number of aromatic nitrogens is 1. The van der Waals surface area contributed by atoms with Crippen LogP contribution in [0.4, 0.5) is 17.1 Å². The number of pyridine rings is 1. The molecule has 0 radical (unpaired) electrons. The van der Waals surface area contributed by atoms with Crippen LogP contribution >= 0.6 is 0 Å². The standard InChI is InChI=1S/C20H18N4O/c1-14-8-13-19(15(2)21-14)20(25)22-16-9-11-18(12-10-16)24-23-17-6-4-3-5-7-17/h3-13H,1-2H3,(H,22,25). The highest BCUT2D eigenvalue weighted by atomic mass is 16.1. The second kappa shape index (κ2) is 7.49. The molecule has 0 unspecified atom stereocenters. The predicted molar refractivity (Wildman–Crippen MR) is 98.7 cm³/mol. The van der Waals surface area contributed by atoms with Crippen molar-refractivity contribution in [1.82, 2.24) is 4.98 Å². The molecule has 1 N–H and O–H groups in total. The summed E-state index contributed by atoms with van der Waals surface area (Å²) >= 11 is 0. The summed E-state index contributed by atoms with van der Waals surface area (Å²) in [4.78, 5) is 16.7. The quantitative estimate of drug-likeness (QED) is 0.654. The Bertz CT molecular complexity index is 903. The zero-order valence-electron chi connectivity index (χ0n) is 14.1. The van der Waals surface area contributed by atoms with Gasteiger partial charge in [-0.15, -0.1) is 0 Å². The van der Waals surface area contributed by atoms with E-state index in [2.05, 4.69) is 20.5 Å². The Morgan fingerprint density at radius 3 is 2.12 bits per heavy atom. The van der Waals surface area contributed by atoms with Crippen molar-refractivity contribution in [3.05, 3.63) is 83.7 Å². The van der Waals surface area contributed by atoms with E-state index < -0.39 is 0 Å². The molecule has 25 heavy (non-hydrogen) atoms. The number of hydrogen-bond acceptors (Lipinski definition) is 4. The van der Waals surface area contributed by atoms with E-state index in [1.165, 1.54) is 0 Å². The minimum Gasteiger partial charge on any atom is -0.322 e. The molecular weight excluding hydrogens is 312 g/mol. The maximum Gasteiger partial charge on any atom is 0.257 e. The maximum atomic E-state index is 12.3. The van der Waals surface area contributed by atoms with Gasteiger partial charge in [-0.3, -0.25) is 9.78 Å². The summed E-state index contributed by atoms with van der Waals surface area (Å²) in [5.41, 5.74) is 4.38. The molecule has 1 amide bonds. The van der Waals surface area contributed by atoms with Gasteiger partial charge in [0.15, 0.2) is 0 Å². The van der Waals surface area contributed by atoms with E-state index in [-0.39, 0.29) is 5.91 Å². The van der Waals surface area contributed by atoms with Gasteiger partial charge in [-0.25, -0.2) is 0 Å². The predicted octanol–water partition coefficient (Wildman–Crippen LogP) is 5.37. The highest BCUT2D eigenvalue weighted by molar-refractivity contribution is 6.05. The van der Waals surface area contributed by atoms with E-state index in [1.807, 2.05) is 62.4 Å². The highest BCUT2D eigenvalue weighted by Crippen LogP contribution is 2.20. The number of anilines is 1. The van der Waals surface area contributed by atoms with Gasteiger partial charge in [0.25, 0.3) is 5.91 Å². The topological polar surface area (TPSA) is 66.7 Å². The third kappa shape index (κ3) is 4.35. The number of nitrogens with one attached hydrogen (secondary N) is 1. The van der Waals surface area contributed by atoms with Gasteiger partial charge in [-0.05, 0) is 62.4 Å². The van der Waals surface area contributed by atoms with Gasteiger partial charge in [0.2, 0.25) is 0 Å². The summed E-state index contributed by atoms with van der Waals surface area (Å²) < 4.78 is 0. The Kier molecular flexibility index (Phi) is 4.95. The summed E-state index contributed by atoms with van der Waals surface area (Å²) in [6, 6.07) is 20.4. The van der Waals surface area contributed by atoms with E-state index in [1.54, 1.807) is 18.2 Å². The van der Waals surface area contributed by atoms with E-state index >= 15 is 0 Å². The molecule has 0 spiro atoms. The van der Waals surface area contributed by atoms with Gasteiger partial charge in [-0.1, -0.05) is 18.2 Å². The van der Waals surface area contributed by atoms with E-state index in [4.69, 9.17) is 0 Å². The van der Waals surface area contributed by atoms with Gasteiger partial charge >= 0.3 is 0 Å². The van der Waals surface area contributed by atoms with Crippen molar-refractivity contribution < 1.29 is 4.79 Å². The summed E-state index contributed by atoms with van der Waals surface area (Å²) in [6.07, 6.45) is 0. The fourth-order valence-corrected chi connectivity index (χ4v) is 2.35. The molecule has 124 valence electrons. The van der Waals surface area contributed by atoms with Gasteiger partial charge in [0.05, 0.1) is 22.6 Å². The number of rotatable bonds is 4. The van der Waals surface area contributed by atoms with Crippen molar-refractivity contribution in [1.29, 1.82) is 0 Å². The van der Waals surface area contributed by atoms with Crippen LogP contribution in [0, 0.1) is 13.8 Å². The summed E-state index contributed by atoms with van der Waals surface area (Å²) in [5, 5.41) is 11.2. The molecule has 5 heteroatoms. The van der Waals surface area contributed by atoms with Crippen molar-refractivity contribution in [3.63, 3.8) is 0 Å². The fourth-order valence-electron chi connectivity index (χ4n) is 2.35. The number of nitrogens with zero attached hydrogens (tertiary/aromatic N) is 3. The van der Waals surface area contributed by atoms with Crippen molar-refractivity contribution in [2.75, 3.05) is 5.32 Å². The zero-order valence-corrected chi connectivity index (χ0v) is 14.1. The molecular formula is C20H18N4O. The number of azo groups is 1. The number of hydrogen-bond donors (Lipinski definition) is 1. The molecule has 0 atom stereocenters. The third-order valence-electron chi connectivity index (χ3n) is 3.63. The van der Waals surface area contributed by atoms with Crippen LogP contribution in [0.15, 0.2) is 77.0 Å². The molecule has 0 bridgehead atoms. The van der Waals surface area contributed by atoms with Crippen molar-refractivity contribution in [3.8, 4) is 0 Å². The second-order valence-electron chi connectivity index (χ2n) is 5.62. The first-order chi connectivity index (χ1) is 12.1. The molecule has 0 fully saturated rings. The lowest BCUT2D eigenvalue weighted by Crippen LogP contribution is -2.14. The largest absolute Gasteiger partial charge is 0.322 e. The van der Waals surface area contributed by atoms with Crippen LogP contribution in [0.3, 0.4) is 0 Å². The number of amides is 1. The lowest BCUT2D eigenvalue weighted by atomic mass is 10.1. The Morgan fingerprint density at radius 1 is 0.840 bits per heavy atom. The molecule has 0 aliphatic heterocycles. The molecule has 1 aromatic heterocycles. The Labute approximate surface area is 146 Å². The minimum absolute atomic E-state index is 0.177. The molecule has 0 saturated heterocycles. The van der Waals surface area contributed by atoms with Gasteiger partial charge < -0.3 is 5.32 Å². The smallest absolute Gasteiger partial charge is 0.257 e. The number of carbonyl (C=O) groups excluding carboxylic acids is 1. The Hall–Kier alpha value is -3.34. The summed E-state index contributed by atoms with van der Waals surface area (Å²) in [6.45, 7) is 3.73. The lowest BCUT2D eigenvalue weighted by molar-refractivity contribution is 0.102. The van der Waals surface area contributed by atoms with Crippen LogP contribution in [0.5, 0.6) is 0 Å². The number of carbonyl (C=O) groups is 1. The first-order valence-electron chi connectivity index (χ1n) is 7.94. The van der Waals surface area contributed by atoms with E-state index in [0.29, 0.717) is 16.9 Å². The van der Waals surface area contributed by atoms with E-state index in [9.17, 15) is 4.79 Å². The van der Waals surface area contributed by atoms with Crippen molar-refractivity contribution in [2.24, 2.45) is 10.2 Å². The first-order valence-corrected chi connectivity index (χ1v) is 7.94. The third-order valence-corrected chi connectivity index (χ3v) is 3.63. The summed E-state index contributed by atoms with van der Waals surface area (Å²) in [5.74, 6) is -0.177. The van der Waals surface area contributed by atoms with Crippen LogP contribution < -0.4 is 5.32 Å². The molecule has 2 aromatic carbocycles. The molecule has 0 saturated carbocycles. The molecule has 0 aliphatic carbocycles. The number of benzene rings is 2. The highest BCUT2D eigenvalue weighted by Gasteiger charge is 2.10. The lowest BCUT2D eigenvalue weighted by Gasteiger charge is -2.08. The van der Waals surface area contributed by atoms with Crippen molar-refractivity contribution >= 4 is 23.0 Å². The molecule has 3 rings (SSSR count). The van der Waals surface area contributed by atoms with Crippen LogP contribution in [-0.4, -0.2) is 10.9 Å². The Morgan fingerprint density at radius 2 is 1.48 bits per heavy atom. The van der Waals surface area contributed by atoms with Crippen LogP contribution in [-0.2, 0) is 0 Å². The van der Waals surface area contributed by atoms with Crippen LogP contribution in [0.1, 0.15) is 21.7 Å². The SMILES string of the molecule is Cc1ccc(C(=O)Nc2ccc(N=Nc3ccccc3)cc2)c(C)n1. The molecule has 3 aromatic rings. The second-order valence-corrected chi connectivity index (χ2v) is 5.62. The normalized spacial score (nSPS) is 10.8. The first kappa shape index (κ1) is 16.5. The van der Waals surface area contributed by atoms with Crippen LogP contribution in [0.2, 0.25) is 0 Å². The Balaban J connectivity index is 1.68. The van der Waals surface area contributed by atoms with E-state index in [0.717, 1.165) is 17.1 Å². The molecule has 5 nitrogen and oxygen atoms in total. The zero-order chi connectivity index (χ0) is 17.6. The van der Waals surface area contributed by atoms with Crippen LogP contribution in [0.25, 0.3) is 0 Å². The average Bonchev–Trinajstić information content (AvgIpc) is 2.62. The average molecular weight is 330 g/mol. The molecule has 1 heterocycles.